The van der Waals surface area contributed by atoms with Gasteiger partial charge in [0, 0.05) is 23.1 Å². The molecule has 3 rings (SSSR count). The van der Waals surface area contributed by atoms with Crippen molar-refractivity contribution in [2.24, 2.45) is 0 Å². The molecule has 21 heavy (non-hydrogen) atoms. The van der Waals surface area contributed by atoms with Gasteiger partial charge in [0.2, 0.25) is 0 Å². The average molecular weight is 319 g/mol. The number of hydrogen-bond donors (Lipinski definition) is 1. The number of thiophene rings is 2. The van der Waals surface area contributed by atoms with Gasteiger partial charge < -0.3 is 10.1 Å². The van der Waals surface area contributed by atoms with Crippen molar-refractivity contribution in [3.8, 4) is 0 Å². The lowest BCUT2D eigenvalue weighted by Gasteiger charge is -2.16. The summed E-state index contributed by atoms with van der Waals surface area (Å²) < 4.78 is 6.97. The Morgan fingerprint density at radius 2 is 1.95 bits per heavy atom. The van der Waals surface area contributed by atoms with E-state index in [4.69, 9.17) is 4.74 Å². The van der Waals surface area contributed by atoms with Crippen LogP contribution < -0.4 is 5.32 Å². The first-order valence-corrected chi connectivity index (χ1v) is 8.47. The number of nitrogens with zero attached hydrogens (tertiary/aromatic N) is 2. The highest BCUT2D eigenvalue weighted by Gasteiger charge is 2.16. The fourth-order valence-corrected chi connectivity index (χ4v) is 3.77. The Kier molecular flexibility index (Phi) is 4.69. The van der Waals surface area contributed by atoms with Gasteiger partial charge in [-0.3, -0.25) is 4.68 Å². The zero-order chi connectivity index (χ0) is 14.5. The summed E-state index contributed by atoms with van der Waals surface area (Å²) in [4.78, 5) is 2.61. The van der Waals surface area contributed by atoms with Crippen molar-refractivity contribution in [1.82, 2.24) is 9.78 Å². The molecule has 0 fully saturated rings. The van der Waals surface area contributed by atoms with Crippen LogP contribution in [0.5, 0.6) is 0 Å². The summed E-state index contributed by atoms with van der Waals surface area (Å²) >= 11 is 3.53. The van der Waals surface area contributed by atoms with Crippen LogP contribution in [0.15, 0.2) is 47.4 Å². The molecular weight excluding hydrogens is 302 g/mol. The molecule has 0 saturated heterocycles. The molecule has 0 bridgehead atoms. The van der Waals surface area contributed by atoms with Crippen LogP contribution in [0.3, 0.4) is 0 Å². The first kappa shape index (κ1) is 14.3. The van der Waals surface area contributed by atoms with Gasteiger partial charge in [-0.1, -0.05) is 12.1 Å². The Morgan fingerprint density at radius 3 is 2.52 bits per heavy atom. The zero-order valence-electron chi connectivity index (χ0n) is 11.7. The Labute approximate surface area is 132 Å². The number of anilines is 1. The lowest BCUT2D eigenvalue weighted by molar-refractivity contribution is 0.183. The molecule has 110 valence electrons. The van der Waals surface area contributed by atoms with E-state index in [0.29, 0.717) is 6.61 Å². The molecule has 0 aliphatic carbocycles. The molecular formula is C15H17N3OS2. The van der Waals surface area contributed by atoms with Crippen LogP contribution in [0.2, 0.25) is 0 Å². The monoisotopic (exact) mass is 319 g/mol. The summed E-state index contributed by atoms with van der Waals surface area (Å²) in [6, 6.07) is 8.69. The highest BCUT2D eigenvalue weighted by molar-refractivity contribution is 7.11. The highest BCUT2D eigenvalue weighted by Crippen LogP contribution is 2.32. The molecule has 0 amide bonds. The molecule has 0 atom stereocenters. The normalized spacial score (nSPS) is 11.1. The lowest BCUT2D eigenvalue weighted by Crippen LogP contribution is -2.09. The maximum absolute atomic E-state index is 5.08. The maximum Gasteiger partial charge on any atom is 0.0954 e. The molecule has 0 radical (unpaired) electrons. The summed E-state index contributed by atoms with van der Waals surface area (Å²) in [5.74, 6) is 0. The van der Waals surface area contributed by atoms with Crippen molar-refractivity contribution < 1.29 is 4.74 Å². The van der Waals surface area contributed by atoms with Gasteiger partial charge in [0.25, 0.3) is 0 Å². The fraction of sp³-hybridized carbons (Fsp3) is 0.267. The second-order valence-corrected chi connectivity index (χ2v) is 6.55. The number of ether oxygens (including phenoxy) is 1. The van der Waals surface area contributed by atoms with E-state index in [-0.39, 0.29) is 6.04 Å². The molecule has 0 aliphatic heterocycles. The average Bonchev–Trinajstić information content (AvgIpc) is 3.23. The molecule has 3 aromatic rings. The van der Waals surface area contributed by atoms with E-state index in [1.165, 1.54) is 9.75 Å². The second kappa shape index (κ2) is 6.89. The predicted molar refractivity (Wildman–Crippen MR) is 88.2 cm³/mol. The van der Waals surface area contributed by atoms with Crippen molar-refractivity contribution in [1.29, 1.82) is 0 Å². The van der Waals surface area contributed by atoms with E-state index in [1.807, 2.05) is 17.1 Å². The second-order valence-electron chi connectivity index (χ2n) is 4.59. The lowest BCUT2D eigenvalue weighted by atomic mass is 10.2. The van der Waals surface area contributed by atoms with Gasteiger partial charge in [-0.2, -0.15) is 5.10 Å². The molecule has 0 aliphatic rings. The Morgan fingerprint density at radius 1 is 1.24 bits per heavy atom. The summed E-state index contributed by atoms with van der Waals surface area (Å²) in [6.07, 6.45) is 3.89. The predicted octanol–water partition coefficient (Wildman–Crippen LogP) is 3.85. The van der Waals surface area contributed by atoms with E-state index in [9.17, 15) is 0 Å². The van der Waals surface area contributed by atoms with Gasteiger partial charge in [0.05, 0.1) is 31.1 Å². The molecule has 0 aromatic carbocycles. The van der Waals surface area contributed by atoms with E-state index in [1.54, 1.807) is 29.8 Å². The molecule has 0 spiro atoms. The van der Waals surface area contributed by atoms with Gasteiger partial charge in [-0.05, 0) is 22.9 Å². The van der Waals surface area contributed by atoms with E-state index >= 15 is 0 Å². The minimum absolute atomic E-state index is 0.185. The van der Waals surface area contributed by atoms with E-state index < -0.39 is 0 Å². The van der Waals surface area contributed by atoms with Crippen molar-refractivity contribution in [2.75, 3.05) is 19.0 Å². The Hall–Kier alpha value is -1.63. The van der Waals surface area contributed by atoms with Crippen molar-refractivity contribution >= 4 is 28.4 Å². The van der Waals surface area contributed by atoms with Crippen molar-refractivity contribution in [2.45, 2.75) is 12.6 Å². The Balaban J connectivity index is 1.77. The quantitative estimate of drug-likeness (QED) is 0.719. The number of rotatable bonds is 7. The largest absolute Gasteiger partial charge is 0.383 e. The maximum atomic E-state index is 5.08. The van der Waals surface area contributed by atoms with Crippen molar-refractivity contribution in [3.63, 3.8) is 0 Å². The molecule has 3 heterocycles. The van der Waals surface area contributed by atoms with Crippen LogP contribution in [0.4, 0.5) is 5.69 Å². The number of hydrogen-bond acceptors (Lipinski definition) is 5. The molecule has 0 unspecified atom stereocenters. The van der Waals surface area contributed by atoms with Gasteiger partial charge >= 0.3 is 0 Å². The molecule has 3 aromatic heterocycles. The van der Waals surface area contributed by atoms with Gasteiger partial charge in [0.15, 0.2) is 0 Å². The number of nitrogens with one attached hydrogen (secondary N) is 1. The highest BCUT2D eigenvalue weighted by atomic mass is 32.1. The van der Waals surface area contributed by atoms with E-state index in [2.05, 4.69) is 45.4 Å². The van der Waals surface area contributed by atoms with Crippen LogP contribution in [-0.2, 0) is 11.3 Å². The van der Waals surface area contributed by atoms with Crippen LogP contribution in [0.1, 0.15) is 15.8 Å². The standard InChI is InChI=1S/C15H17N3OS2/c1-19-7-6-18-11-12(10-16-18)17-15(13-4-2-8-20-13)14-5-3-9-21-14/h2-5,8-11,15,17H,6-7H2,1H3. The summed E-state index contributed by atoms with van der Waals surface area (Å²) in [6.45, 7) is 1.43. The minimum atomic E-state index is 0.185. The van der Waals surface area contributed by atoms with Crippen LogP contribution in [-0.4, -0.2) is 23.5 Å². The topological polar surface area (TPSA) is 39.1 Å². The van der Waals surface area contributed by atoms with Gasteiger partial charge in [-0.15, -0.1) is 22.7 Å². The summed E-state index contributed by atoms with van der Waals surface area (Å²) in [5, 5.41) is 12.1. The van der Waals surface area contributed by atoms with Crippen LogP contribution in [0, 0.1) is 0 Å². The zero-order valence-corrected chi connectivity index (χ0v) is 13.4. The summed E-state index contributed by atoms with van der Waals surface area (Å²) in [7, 11) is 1.70. The van der Waals surface area contributed by atoms with Gasteiger partial charge in [-0.25, -0.2) is 0 Å². The molecule has 6 heteroatoms. The van der Waals surface area contributed by atoms with Crippen LogP contribution in [0.25, 0.3) is 0 Å². The summed E-state index contributed by atoms with van der Waals surface area (Å²) in [5.41, 5.74) is 1.03. The smallest absolute Gasteiger partial charge is 0.0954 e. The van der Waals surface area contributed by atoms with Crippen molar-refractivity contribution in [3.05, 3.63) is 57.2 Å². The van der Waals surface area contributed by atoms with E-state index in [0.717, 1.165) is 12.2 Å². The SMILES string of the molecule is COCCn1cc(NC(c2cccs2)c2cccs2)cn1. The fourth-order valence-electron chi connectivity index (χ4n) is 2.11. The number of methoxy groups -OCH3 is 1. The Bertz CT molecular complexity index is 612. The number of aromatic nitrogens is 2. The third-order valence-electron chi connectivity index (χ3n) is 3.12. The van der Waals surface area contributed by atoms with Gasteiger partial charge in [0.1, 0.15) is 0 Å². The first-order chi connectivity index (χ1) is 10.4. The molecule has 4 nitrogen and oxygen atoms in total. The molecule has 1 N–H and O–H groups in total. The third-order valence-corrected chi connectivity index (χ3v) is 5.00. The van der Waals surface area contributed by atoms with Crippen LogP contribution >= 0.6 is 22.7 Å². The molecule has 0 saturated carbocycles. The third kappa shape index (κ3) is 3.53. The minimum Gasteiger partial charge on any atom is -0.383 e. The first-order valence-electron chi connectivity index (χ1n) is 6.71.